The third-order valence-corrected chi connectivity index (χ3v) is 1.55. The first-order valence-electron chi connectivity index (χ1n) is 3.59. The van der Waals surface area contributed by atoms with E-state index < -0.39 is 5.95 Å². The molecule has 0 radical (unpaired) electrons. The first-order chi connectivity index (χ1) is 6.27. The summed E-state index contributed by atoms with van der Waals surface area (Å²) in [6.45, 7) is 0. The van der Waals surface area contributed by atoms with Gasteiger partial charge in [-0.15, -0.1) is 0 Å². The Labute approximate surface area is 73.2 Å². The quantitative estimate of drug-likeness (QED) is 0.673. The zero-order valence-electron chi connectivity index (χ0n) is 6.57. The van der Waals surface area contributed by atoms with Gasteiger partial charge in [0.2, 0.25) is 5.95 Å². The highest BCUT2D eigenvalue weighted by Crippen LogP contribution is 2.22. The van der Waals surface area contributed by atoms with Crippen LogP contribution in [-0.4, -0.2) is 9.97 Å². The molecule has 0 aliphatic carbocycles. The van der Waals surface area contributed by atoms with Crippen LogP contribution in [0.25, 0.3) is 11.3 Å². The van der Waals surface area contributed by atoms with Crippen LogP contribution in [0.15, 0.2) is 28.9 Å². The van der Waals surface area contributed by atoms with Gasteiger partial charge in [-0.2, -0.15) is 4.39 Å². The van der Waals surface area contributed by atoms with Crippen LogP contribution in [0.4, 0.5) is 10.4 Å². The molecule has 0 aliphatic rings. The van der Waals surface area contributed by atoms with E-state index in [1.807, 2.05) is 0 Å². The molecule has 0 spiro atoms. The number of hydrogen-bond donors (Lipinski definition) is 1. The number of hydrogen-bond acceptors (Lipinski definition) is 4. The van der Waals surface area contributed by atoms with Crippen LogP contribution < -0.4 is 5.73 Å². The fourth-order valence-electron chi connectivity index (χ4n) is 0.982. The summed E-state index contributed by atoms with van der Waals surface area (Å²) < 4.78 is 18.0. The first kappa shape index (κ1) is 7.72. The molecule has 2 aromatic rings. The van der Waals surface area contributed by atoms with Gasteiger partial charge in [0.25, 0.3) is 6.01 Å². The minimum atomic E-state index is -0.598. The zero-order chi connectivity index (χ0) is 9.26. The summed E-state index contributed by atoms with van der Waals surface area (Å²) in [6.07, 6.45) is 2.72. The molecule has 0 aliphatic heterocycles. The van der Waals surface area contributed by atoms with E-state index in [2.05, 4.69) is 9.97 Å². The van der Waals surface area contributed by atoms with Gasteiger partial charge in [-0.3, -0.25) is 0 Å². The highest BCUT2D eigenvalue weighted by atomic mass is 19.1. The summed E-state index contributed by atoms with van der Waals surface area (Å²) in [5, 5.41) is 0. The maximum absolute atomic E-state index is 13.0. The molecule has 0 aromatic carbocycles. The van der Waals surface area contributed by atoms with Gasteiger partial charge >= 0.3 is 0 Å². The van der Waals surface area contributed by atoms with Gasteiger partial charge in [0, 0.05) is 6.20 Å². The third-order valence-electron chi connectivity index (χ3n) is 1.55. The minimum absolute atomic E-state index is 0.0123. The number of pyridine rings is 1. The van der Waals surface area contributed by atoms with Crippen LogP contribution in [0.5, 0.6) is 0 Å². The standard InChI is InChI=1S/C8H6FN3O/c9-7-5(2-1-3-11-7)6-4-12-8(10)13-6/h1-4H,(H2,10,12). The molecule has 66 valence electrons. The van der Waals surface area contributed by atoms with E-state index >= 15 is 0 Å². The number of nitrogens with zero attached hydrogens (tertiary/aromatic N) is 2. The number of halogens is 1. The second-order valence-electron chi connectivity index (χ2n) is 2.40. The Hall–Kier alpha value is -1.91. The van der Waals surface area contributed by atoms with Crippen LogP contribution >= 0.6 is 0 Å². The molecule has 4 nitrogen and oxygen atoms in total. The van der Waals surface area contributed by atoms with Gasteiger partial charge in [-0.25, -0.2) is 9.97 Å². The van der Waals surface area contributed by atoms with E-state index in [9.17, 15) is 4.39 Å². The Morgan fingerprint density at radius 3 is 2.85 bits per heavy atom. The topological polar surface area (TPSA) is 64.9 Å². The number of nitrogen functional groups attached to an aromatic ring is 1. The lowest BCUT2D eigenvalue weighted by Gasteiger charge is -1.95. The van der Waals surface area contributed by atoms with Crippen LogP contribution in [0, 0.1) is 5.95 Å². The summed E-state index contributed by atoms with van der Waals surface area (Å²) in [6, 6.07) is 3.16. The molecular formula is C8H6FN3O. The summed E-state index contributed by atoms with van der Waals surface area (Å²) in [7, 11) is 0. The monoisotopic (exact) mass is 179 g/mol. The van der Waals surface area contributed by atoms with Crippen molar-refractivity contribution in [1.82, 2.24) is 9.97 Å². The minimum Gasteiger partial charge on any atom is -0.424 e. The average molecular weight is 179 g/mol. The summed E-state index contributed by atoms with van der Waals surface area (Å²) in [4.78, 5) is 7.12. The largest absolute Gasteiger partial charge is 0.424 e. The van der Waals surface area contributed by atoms with Crippen molar-refractivity contribution in [3.05, 3.63) is 30.5 Å². The van der Waals surface area contributed by atoms with Crippen LogP contribution in [0.3, 0.4) is 0 Å². The van der Waals surface area contributed by atoms with Crippen molar-refractivity contribution >= 4 is 6.01 Å². The molecule has 2 aromatic heterocycles. The SMILES string of the molecule is Nc1ncc(-c2cccnc2F)o1. The predicted octanol–water partition coefficient (Wildman–Crippen LogP) is 1.46. The Morgan fingerprint density at radius 1 is 1.38 bits per heavy atom. The van der Waals surface area contributed by atoms with Gasteiger partial charge in [0.15, 0.2) is 5.76 Å². The molecule has 13 heavy (non-hydrogen) atoms. The van der Waals surface area contributed by atoms with E-state index in [1.54, 1.807) is 12.1 Å². The molecule has 2 N–H and O–H groups in total. The Morgan fingerprint density at radius 2 is 2.23 bits per heavy atom. The van der Waals surface area contributed by atoms with Crippen molar-refractivity contribution in [2.24, 2.45) is 0 Å². The van der Waals surface area contributed by atoms with Crippen LogP contribution in [0.1, 0.15) is 0 Å². The normalized spacial score (nSPS) is 10.2. The number of oxazole rings is 1. The van der Waals surface area contributed by atoms with E-state index in [4.69, 9.17) is 10.2 Å². The van der Waals surface area contributed by atoms with Crippen molar-refractivity contribution in [3.8, 4) is 11.3 Å². The fourth-order valence-corrected chi connectivity index (χ4v) is 0.982. The van der Waals surface area contributed by atoms with Crippen molar-refractivity contribution < 1.29 is 8.81 Å². The van der Waals surface area contributed by atoms with Gasteiger partial charge in [0.05, 0.1) is 11.8 Å². The molecule has 2 rings (SSSR count). The van der Waals surface area contributed by atoms with E-state index in [0.717, 1.165) is 0 Å². The number of rotatable bonds is 1. The smallest absolute Gasteiger partial charge is 0.292 e. The molecule has 0 bridgehead atoms. The Bertz CT molecular complexity index is 427. The number of nitrogens with two attached hydrogens (primary N) is 1. The number of anilines is 1. The molecular weight excluding hydrogens is 173 g/mol. The van der Waals surface area contributed by atoms with Gasteiger partial charge in [-0.1, -0.05) is 0 Å². The van der Waals surface area contributed by atoms with Crippen molar-refractivity contribution in [1.29, 1.82) is 0 Å². The van der Waals surface area contributed by atoms with Gasteiger partial charge < -0.3 is 10.2 Å². The number of aromatic nitrogens is 2. The molecule has 0 atom stereocenters. The lowest BCUT2D eigenvalue weighted by Crippen LogP contribution is -1.85. The fraction of sp³-hybridized carbons (Fsp3) is 0. The highest BCUT2D eigenvalue weighted by molar-refractivity contribution is 5.56. The summed E-state index contributed by atoms with van der Waals surface area (Å²) in [5.41, 5.74) is 5.50. The zero-order valence-corrected chi connectivity index (χ0v) is 6.57. The first-order valence-corrected chi connectivity index (χ1v) is 3.59. The maximum atomic E-state index is 13.0. The van der Waals surface area contributed by atoms with Crippen molar-refractivity contribution in [2.45, 2.75) is 0 Å². The van der Waals surface area contributed by atoms with Crippen LogP contribution in [-0.2, 0) is 0 Å². The van der Waals surface area contributed by atoms with Gasteiger partial charge in [0.1, 0.15) is 0 Å². The molecule has 0 unspecified atom stereocenters. The van der Waals surface area contributed by atoms with Gasteiger partial charge in [-0.05, 0) is 12.1 Å². The molecule has 0 saturated heterocycles. The summed E-state index contributed by atoms with van der Waals surface area (Å²) in [5.74, 6) is -0.318. The average Bonchev–Trinajstić information content (AvgIpc) is 2.53. The third kappa shape index (κ3) is 1.35. The molecule has 0 saturated carbocycles. The van der Waals surface area contributed by atoms with E-state index in [-0.39, 0.29) is 17.3 Å². The Balaban J connectivity index is 2.52. The highest BCUT2D eigenvalue weighted by Gasteiger charge is 2.09. The van der Waals surface area contributed by atoms with E-state index in [0.29, 0.717) is 0 Å². The lowest BCUT2D eigenvalue weighted by atomic mass is 10.2. The van der Waals surface area contributed by atoms with Crippen molar-refractivity contribution in [3.63, 3.8) is 0 Å². The second kappa shape index (κ2) is 2.85. The maximum Gasteiger partial charge on any atom is 0.292 e. The van der Waals surface area contributed by atoms with E-state index in [1.165, 1.54) is 12.4 Å². The molecule has 5 heteroatoms. The van der Waals surface area contributed by atoms with Crippen molar-refractivity contribution in [2.75, 3.05) is 5.73 Å². The molecule has 0 fully saturated rings. The molecule has 0 amide bonds. The second-order valence-corrected chi connectivity index (χ2v) is 2.40. The van der Waals surface area contributed by atoms with Crippen LogP contribution in [0.2, 0.25) is 0 Å². The predicted molar refractivity (Wildman–Crippen MR) is 44.1 cm³/mol. The lowest BCUT2D eigenvalue weighted by molar-refractivity contribution is 0.562. The molecule has 2 heterocycles. The Kier molecular flexibility index (Phi) is 1.70. The summed E-state index contributed by atoms with van der Waals surface area (Å²) >= 11 is 0.